The Morgan fingerprint density at radius 3 is 2.17 bits per heavy atom. The third-order valence-corrected chi connectivity index (χ3v) is 4.54. The van der Waals surface area contributed by atoms with Crippen molar-refractivity contribution in [2.75, 3.05) is 0 Å². The average Bonchev–Trinajstić information content (AvgIpc) is 2.55. The lowest BCUT2D eigenvalue weighted by Crippen LogP contribution is -2.10. The van der Waals surface area contributed by atoms with Crippen LogP contribution in [0, 0.1) is 11.3 Å². The van der Waals surface area contributed by atoms with Crippen molar-refractivity contribution in [1.82, 2.24) is 0 Å². The van der Waals surface area contributed by atoms with Gasteiger partial charge in [-0.05, 0) is 34.5 Å². The van der Waals surface area contributed by atoms with Crippen LogP contribution in [0.4, 0.5) is 0 Å². The van der Waals surface area contributed by atoms with Crippen molar-refractivity contribution in [2.45, 2.75) is 12.0 Å². The quantitative estimate of drug-likeness (QED) is 0.684. The van der Waals surface area contributed by atoms with Gasteiger partial charge in [0.25, 0.3) is 0 Å². The minimum Gasteiger partial charge on any atom is -0.387 e. The summed E-state index contributed by atoms with van der Waals surface area (Å²) in [6.07, 6.45) is -1.10. The molecule has 0 bridgehead atoms. The lowest BCUT2D eigenvalue weighted by atomic mass is 9.89. The highest BCUT2D eigenvalue weighted by Crippen LogP contribution is 2.38. The molecule has 2 atom stereocenters. The van der Waals surface area contributed by atoms with Gasteiger partial charge in [0.2, 0.25) is 0 Å². The van der Waals surface area contributed by atoms with Gasteiger partial charge in [-0.2, -0.15) is 5.26 Å². The number of benzene rings is 3. The Hall–Kier alpha value is -2.05. The van der Waals surface area contributed by atoms with Crippen molar-refractivity contribution < 1.29 is 5.11 Å². The normalized spacial score (nSPS) is 13.5. The fourth-order valence-electron chi connectivity index (χ4n) is 2.69. The van der Waals surface area contributed by atoms with Crippen LogP contribution >= 0.6 is 23.2 Å². The fourth-order valence-corrected chi connectivity index (χ4v) is 3.31. The number of nitrogens with zero attached hydrogens (tertiary/aromatic N) is 1. The number of halogens is 2. The first-order valence-electron chi connectivity index (χ1n) is 7.12. The number of nitriles is 1. The van der Waals surface area contributed by atoms with Gasteiger partial charge in [-0.15, -0.1) is 0 Å². The summed E-state index contributed by atoms with van der Waals surface area (Å²) in [6, 6.07) is 20.8. The standard InChI is InChI=1S/C19H13Cl2NO/c20-16-6-3-7-17(21)18(16)19(23)15(11-22)14-9-8-12-4-1-2-5-13(12)10-14/h1-10,15,19,23H/t15-,19+/m0/s1. The molecule has 0 aromatic heterocycles. The van der Waals surface area contributed by atoms with Gasteiger partial charge in [0.1, 0.15) is 12.0 Å². The van der Waals surface area contributed by atoms with E-state index in [4.69, 9.17) is 23.2 Å². The molecule has 0 radical (unpaired) electrons. The van der Waals surface area contributed by atoms with Gasteiger partial charge >= 0.3 is 0 Å². The smallest absolute Gasteiger partial charge is 0.102 e. The first-order valence-corrected chi connectivity index (χ1v) is 7.87. The molecule has 2 nitrogen and oxygen atoms in total. The molecule has 0 heterocycles. The second-order valence-corrected chi connectivity index (χ2v) is 6.11. The molecule has 3 aromatic rings. The Morgan fingerprint density at radius 2 is 1.52 bits per heavy atom. The van der Waals surface area contributed by atoms with E-state index in [9.17, 15) is 10.4 Å². The summed E-state index contributed by atoms with van der Waals surface area (Å²) in [7, 11) is 0. The van der Waals surface area contributed by atoms with Crippen LogP contribution in [0.1, 0.15) is 23.1 Å². The number of hydrogen-bond donors (Lipinski definition) is 1. The second kappa shape index (κ2) is 6.60. The molecular weight excluding hydrogens is 329 g/mol. The molecule has 0 fully saturated rings. The van der Waals surface area contributed by atoms with Crippen LogP contribution in [0.15, 0.2) is 60.7 Å². The SMILES string of the molecule is N#C[C@@H](c1ccc2ccccc2c1)[C@@H](O)c1c(Cl)cccc1Cl. The Morgan fingerprint density at radius 1 is 0.870 bits per heavy atom. The number of aliphatic hydroxyl groups is 1. The van der Waals surface area contributed by atoms with Gasteiger partial charge < -0.3 is 5.11 Å². The van der Waals surface area contributed by atoms with Gasteiger partial charge in [-0.1, -0.05) is 65.7 Å². The number of rotatable bonds is 3. The van der Waals surface area contributed by atoms with Gasteiger partial charge in [0, 0.05) is 15.6 Å². The van der Waals surface area contributed by atoms with Crippen molar-refractivity contribution in [3.05, 3.63) is 81.8 Å². The zero-order valence-electron chi connectivity index (χ0n) is 12.1. The Labute approximate surface area is 144 Å². The maximum absolute atomic E-state index is 10.7. The van der Waals surface area contributed by atoms with Crippen LogP contribution < -0.4 is 0 Å². The number of aliphatic hydroxyl groups excluding tert-OH is 1. The van der Waals surface area contributed by atoms with E-state index in [0.29, 0.717) is 15.6 Å². The maximum Gasteiger partial charge on any atom is 0.102 e. The molecule has 0 aliphatic rings. The monoisotopic (exact) mass is 341 g/mol. The van der Waals surface area contributed by atoms with Gasteiger partial charge in [-0.3, -0.25) is 0 Å². The third-order valence-electron chi connectivity index (χ3n) is 3.88. The highest BCUT2D eigenvalue weighted by atomic mass is 35.5. The van der Waals surface area contributed by atoms with Crippen LogP contribution in [0.5, 0.6) is 0 Å². The van der Waals surface area contributed by atoms with Crippen molar-refractivity contribution in [3.8, 4) is 6.07 Å². The molecule has 1 N–H and O–H groups in total. The summed E-state index contributed by atoms with van der Waals surface area (Å²) in [4.78, 5) is 0. The lowest BCUT2D eigenvalue weighted by Gasteiger charge is -2.20. The minimum absolute atomic E-state index is 0.353. The molecule has 0 aliphatic carbocycles. The van der Waals surface area contributed by atoms with Crippen LogP contribution in [0.2, 0.25) is 10.0 Å². The summed E-state index contributed by atoms with van der Waals surface area (Å²) in [5.41, 5.74) is 1.12. The van der Waals surface area contributed by atoms with E-state index in [1.54, 1.807) is 18.2 Å². The molecule has 114 valence electrons. The topological polar surface area (TPSA) is 44.0 Å². The molecule has 0 aliphatic heterocycles. The zero-order valence-corrected chi connectivity index (χ0v) is 13.6. The van der Waals surface area contributed by atoms with E-state index in [1.165, 1.54) is 0 Å². The van der Waals surface area contributed by atoms with Crippen LogP contribution in [0.3, 0.4) is 0 Å². The van der Waals surface area contributed by atoms with Crippen LogP contribution in [0.25, 0.3) is 10.8 Å². The molecule has 0 saturated carbocycles. The van der Waals surface area contributed by atoms with E-state index in [1.807, 2.05) is 42.5 Å². The average molecular weight is 342 g/mol. The highest BCUT2D eigenvalue weighted by Gasteiger charge is 2.26. The lowest BCUT2D eigenvalue weighted by molar-refractivity contribution is 0.164. The summed E-state index contributed by atoms with van der Waals surface area (Å²) >= 11 is 12.3. The first kappa shape index (κ1) is 15.8. The first-order chi connectivity index (χ1) is 11.1. The Bertz CT molecular complexity index is 881. The minimum atomic E-state index is -1.10. The molecule has 0 unspecified atom stereocenters. The van der Waals surface area contributed by atoms with E-state index in [2.05, 4.69) is 6.07 Å². The van der Waals surface area contributed by atoms with Gasteiger partial charge in [0.05, 0.1) is 6.07 Å². The fraction of sp³-hybridized carbons (Fsp3) is 0.105. The van der Waals surface area contributed by atoms with E-state index < -0.39 is 12.0 Å². The summed E-state index contributed by atoms with van der Waals surface area (Å²) in [6.45, 7) is 0. The Kier molecular flexibility index (Phi) is 4.54. The molecule has 3 rings (SSSR count). The van der Waals surface area contributed by atoms with E-state index in [-0.39, 0.29) is 0 Å². The molecule has 0 saturated heterocycles. The molecule has 23 heavy (non-hydrogen) atoms. The maximum atomic E-state index is 10.7. The molecule has 3 aromatic carbocycles. The zero-order chi connectivity index (χ0) is 16.4. The molecule has 0 spiro atoms. The van der Waals surface area contributed by atoms with Gasteiger partial charge in [0.15, 0.2) is 0 Å². The van der Waals surface area contributed by atoms with Crippen molar-refractivity contribution in [2.24, 2.45) is 0 Å². The summed E-state index contributed by atoms with van der Waals surface area (Å²) < 4.78 is 0. The Balaban J connectivity index is 2.06. The predicted octanol–water partition coefficient (Wildman–Crippen LogP) is 5.49. The predicted molar refractivity (Wildman–Crippen MR) is 93.7 cm³/mol. The van der Waals surface area contributed by atoms with Crippen LogP contribution in [-0.2, 0) is 0 Å². The highest BCUT2D eigenvalue weighted by molar-refractivity contribution is 6.36. The van der Waals surface area contributed by atoms with Gasteiger partial charge in [-0.25, -0.2) is 0 Å². The van der Waals surface area contributed by atoms with Crippen molar-refractivity contribution in [3.63, 3.8) is 0 Å². The molecule has 0 amide bonds. The number of fused-ring (bicyclic) bond motifs is 1. The van der Waals surface area contributed by atoms with Crippen molar-refractivity contribution in [1.29, 1.82) is 5.26 Å². The largest absolute Gasteiger partial charge is 0.387 e. The molecule has 4 heteroatoms. The van der Waals surface area contributed by atoms with E-state index >= 15 is 0 Å². The second-order valence-electron chi connectivity index (χ2n) is 5.29. The number of hydrogen-bond acceptors (Lipinski definition) is 2. The summed E-state index contributed by atoms with van der Waals surface area (Å²) in [5, 5.41) is 23.0. The third kappa shape index (κ3) is 3.04. The van der Waals surface area contributed by atoms with Crippen molar-refractivity contribution >= 4 is 34.0 Å². The molecular formula is C19H13Cl2NO. The van der Waals surface area contributed by atoms with Crippen LogP contribution in [-0.4, -0.2) is 5.11 Å². The summed E-state index contributed by atoms with van der Waals surface area (Å²) in [5.74, 6) is -0.753. The van der Waals surface area contributed by atoms with E-state index in [0.717, 1.165) is 16.3 Å².